The van der Waals surface area contributed by atoms with Crippen LogP contribution in [0.3, 0.4) is 0 Å². The summed E-state index contributed by atoms with van der Waals surface area (Å²) in [6.45, 7) is 4.66. The first kappa shape index (κ1) is 17.6. The molecule has 8 heteroatoms. The van der Waals surface area contributed by atoms with E-state index in [2.05, 4.69) is 4.98 Å². The van der Waals surface area contributed by atoms with Crippen molar-refractivity contribution in [3.8, 4) is 0 Å². The average molecular weight is 362 g/mol. The van der Waals surface area contributed by atoms with Gasteiger partial charge in [0.05, 0.1) is 12.0 Å². The maximum Gasteiger partial charge on any atom is 0.289 e. The second-order valence-electron chi connectivity index (χ2n) is 6.32. The third kappa shape index (κ3) is 3.91. The lowest BCUT2D eigenvalue weighted by molar-refractivity contribution is 0.0520. The van der Waals surface area contributed by atoms with E-state index in [-0.39, 0.29) is 11.8 Å². The normalized spacial score (nSPS) is 15.0. The van der Waals surface area contributed by atoms with Crippen LogP contribution in [0.1, 0.15) is 30.9 Å². The van der Waals surface area contributed by atoms with Crippen LogP contribution in [0.15, 0.2) is 22.8 Å². The number of hydrogen-bond acceptors (Lipinski definition) is 6. The lowest BCUT2D eigenvalue weighted by atomic mass is 10.2. The van der Waals surface area contributed by atoms with Crippen LogP contribution in [-0.4, -0.2) is 71.8 Å². The highest BCUT2D eigenvalue weighted by Gasteiger charge is 2.28. The van der Waals surface area contributed by atoms with E-state index in [1.54, 1.807) is 21.9 Å². The average Bonchev–Trinajstić information content (AvgIpc) is 3.23. The SMILES string of the molecule is Cc1nc(CN(C)C)sc1C(=O)N1CCN(C(=O)c2ccco2)CC1. The second-order valence-corrected chi connectivity index (χ2v) is 7.41. The predicted octanol–water partition coefficient (Wildman–Crippen LogP) is 1.70. The van der Waals surface area contributed by atoms with Crippen LogP contribution < -0.4 is 0 Å². The van der Waals surface area contributed by atoms with Crippen molar-refractivity contribution in [1.82, 2.24) is 19.7 Å². The van der Waals surface area contributed by atoms with Crippen molar-refractivity contribution in [3.05, 3.63) is 39.7 Å². The maximum atomic E-state index is 12.8. The highest BCUT2D eigenvalue weighted by Crippen LogP contribution is 2.22. The summed E-state index contributed by atoms with van der Waals surface area (Å²) in [5, 5.41) is 0.942. The van der Waals surface area contributed by atoms with Crippen LogP contribution in [0.25, 0.3) is 0 Å². The Morgan fingerprint density at radius 3 is 2.40 bits per heavy atom. The van der Waals surface area contributed by atoms with Gasteiger partial charge in [-0.1, -0.05) is 0 Å². The molecule has 3 heterocycles. The first-order valence-electron chi connectivity index (χ1n) is 8.19. The summed E-state index contributed by atoms with van der Waals surface area (Å²) in [5.41, 5.74) is 0.779. The molecule has 134 valence electrons. The number of rotatable bonds is 4. The molecule has 0 bridgehead atoms. The predicted molar refractivity (Wildman–Crippen MR) is 94.8 cm³/mol. The number of carbonyl (C=O) groups excluding carboxylic acids is 2. The maximum absolute atomic E-state index is 12.8. The van der Waals surface area contributed by atoms with Gasteiger partial charge in [-0.25, -0.2) is 4.98 Å². The Balaban J connectivity index is 1.62. The topological polar surface area (TPSA) is 69.9 Å². The minimum Gasteiger partial charge on any atom is -0.459 e. The number of nitrogens with zero attached hydrogens (tertiary/aromatic N) is 4. The molecule has 0 radical (unpaired) electrons. The standard InChI is InChI=1S/C17H22N4O3S/c1-12-15(25-14(18-12)11-19(2)3)17(23)21-8-6-20(7-9-21)16(22)13-5-4-10-24-13/h4-5,10H,6-9,11H2,1-3H3. The first-order valence-corrected chi connectivity index (χ1v) is 9.00. The third-order valence-electron chi connectivity index (χ3n) is 4.07. The van der Waals surface area contributed by atoms with E-state index in [0.717, 1.165) is 17.2 Å². The molecular weight excluding hydrogens is 340 g/mol. The van der Waals surface area contributed by atoms with Gasteiger partial charge in [0, 0.05) is 32.7 Å². The van der Waals surface area contributed by atoms with Gasteiger partial charge >= 0.3 is 0 Å². The van der Waals surface area contributed by atoms with Crippen LogP contribution in [0, 0.1) is 6.92 Å². The molecule has 0 unspecified atom stereocenters. The van der Waals surface area contributed by atoms with Gasteiger partial charge in [0.25, 0.3) is 11.8 Å². The molecule has 3 rings (SSSR count). The molecule has 0 saturated carbocycles. The molecule has 0 aliphatic carbocycles. The van der Waals surface area contributed by atoms with E-state index in [1.165, 1.54) is 17.6 Å². The molecule has 7 nitrogen and oxygen atoms in total. The molecule has 0 spiro atoms. The van der Waals surface area contributed by atoms with Gasteiger partial charge in [0.1, 0.15) is 9.88 Å². The Hall–Kier alpha value is -2.19. The Labute approximate surface area is 150 Å². The van der Waals surface area contributed by atoms with Crippen LogP contribution in [0.4, 0.5) is 0 Å². The van der Waals surface area contributed by atoms with E-state index in [9.17, 15) is 9.59 Å². The number of amides is 2. The lowest BCUT2D eigenvalue weighted by Crippen LogP contribution is -2.50. The molecule has 2 amide bonds. The Morgan fingerprint density at radius 2 is 1.84 bits per heavy atom. The fraction of sp³-hybridized carbons (Fsp3) is 0.471. The molecule has 0 N–H and O–H groups in total. The zero-order valence-corrected chi connectivity index (χ0v) is 15.5. The summed E-state index contributed by atoms with van der Waals surface area (Å²) in [6.07, 6.45) is 1.49. The molecule has 1 fully saturated rings. The number of carbonyl (C=O) groups is 2. The quantitative estimate of drug-likeness (QED) is 0.828. The van der Waals surface area contributed by atoms with E-state index in [1.807, 2.05) is 25.9 Å². The summed E-state index contributed by atoms with van der Waals surface area (Å²) < 4.78 is 5.16. The number of hydrogen-bond donors (Lipinski definition) is 0. The van der Waals surface area contributed by atoms with Crippen LogP contribution >= 0.6 is 11.3 Å². The van der Waals surface area contributed by atoms with Gasteiger partial charge in [-0.05, 0) is 33.2 Å². The molecule has 1 saturated heterocycles. The zero-order chi connectivity index (χ0) is 18.0. The van der Waals surface area contributed by atoms with Crippen molar-refractivity contribution in [3.63, 3.8) is 0 Å². The minimum absolute atomic E-state index is 0.00473. The Bertz CT molecular complexity index is 746. The van der Waals surface area contributed by atoms with Crippen molar-refractivity contribution in [1.29, 1.82) is 0 Å². The van der Waals surface area contributed by atoms with Gasteiger partial charge in [-0.2, -0.15) is 0 Å². The highest BCUT2D eigenvalue weighted by molar-refractivity contribution is 7.13. The summed E-state index contributed by atoms with van der Waals surface area (Å²) in [7, 11) is 3.96. The van der Waals surface area contributed by atoms with E-state index in [0.29, 0.717) is 36.8 Å². The van der Waals surface area contributed by atoms with Gasteiger partial charge < -0.3 is 19.1 Å². The van der Waals surface area contributed by atoms with Gasteiger partial charge in [0.15, 0.2) is 5.76 Å². The second kappa shape index (κ2) is 7.37. The minimum atomic E-state index is -0.126. The van der Waals surface area contributed by atoms with Crippen molar-refractivity contribution >= 4 is 23.2 Å². The van der Waals surface area contributed by atoms with Crippen LogP contribution in [0.2, 0.25) is 0 Å². The van der Waals surface area contributed by atoms with Crippen LogP contribution in [-0.2, 0) is 6.54 Å². The summed E-state index contributed by atoms with van der Waals surface area (Å²) in [4.78, 5) is 35.8. The largest absolute Gasteiger partial charge is 0.459 e. The lowest BCUT2D eigenvalue weighted by Gasteiger charge is -2.34. The van der Waals surface area contributed by atoms with Gasteiger partial charge in [0.2, 0.25) is 0 Å². The molecule has 0 aromatic carbocycles. The molecule has 1 aliphatic heterocycles. The first-order chi connectivity index (χ1) is 12.0. The van der Waals surface area contributed by atoms with Crippen molar-refractivity contribution in [2.24, 2.45) is 0 Å². The highest BCUT2D eigenvalue weighted by atomic mass is 32.1. The number of aryl methyl sites for hydroxylation is 1. The smallest absolute Gasteiger partial charge is 0.289 e. The Kier molecular flexibility index (Phi) is 5.19. The fourth-order valence-electron chi connectivity index (χ4n) is 2.80. The van der Waals surface area contributed by atoms with Crippen molar-refractivity contribution in [2.75, 3.05) is 40.3 Å². The summed E-state index contributed by atoms with van der Waals surface area (Å²) in [6, 6.07) is 3.36. The molecular formula is C17H22N4O3S. The zero-order valence-electron chi connectivity index (χ0n) is 14.7. The number of piperazine rings is 1. The monoisotopic (exact) mass is 362 g/mol. The Morgan fingerprint density at radius 1 is 1.20 bits per heavy atom. The number of aromatic nitrogens is 1. The van der Waals surface area contributed by atoms with E-state index in [4.69, 9.17) is 4.42 Å². The van der Waals surface area contributed by atoms with Crippen LogP contribution in [0.5, 0.6) is 0 Å². The summed E-state index contributed by atoms with van der Waals surface area (Å²) in [5.74, 6) is 0.218. The van der Waals surface area contributed by atoms with E-state index < -0.39 is 0 Å². The van der Waals surface area contributed by atoms with Crippen molar-refractivity contribution < 1.29 is 14.0 Å². The number of thiazole rings is 1. The number of furan rings is 1. The van der Waals surface area contributed by atoms with E-state index >= 15 is 0 Å². The molecule has 1 aliphatic rings. The van der Waals surface area contributed by atoms with Gasteiger partial charge in [-0.15, -0.1) is 11.3 Å². The molecule has 25 heavy (non-hydrogen) atoms. The molecule has 2 aromatic heterocycles. The van der Waals surface area contributed by atoms with Crippen molar-refractivity contribution in [2.45, 2.75) is 13.5 Å². The molecule has 0 atom stereocenters. The van der Waals surface area contributed by atoms with Gasteiger partial charge in [-0.3, -0.25) is 9.59 Å². The fourth-order valence-corrected chi connectivity index (χ4v) is 3.95. The third-order valence-corrected chi connectivity index (χ3v) is 5.20. The molecule has 2 aromatic rings. The summed E-state index contributed by atoms with van der Waals surface area (Å²) >= 11 is 1.46.